The summed E-state index contributed by atoms with van der Waals surface area (Å²) in [5, 5.41) is 0.620. The molecule has 0 radical (unpaired) electrons. The first-order valence-electron chi connectivity index (χ1n) is 3.38. The van der Waals surface area contributed by atoms with Crippen LogP contribution in [0.4, 0.5) is 11.4 Å². The molecule has 0 saturated carbocycles. The average molecular weight is 214 g/mol. The number of benzene rings is 1. The van der Waals surface area contributed by atoms with Crippen molar-refractivity contribution >= 4 is 54.3 Å². The molecule has 1 N–H and O–H groups in total. The zero-order chi connectivity index (χ0) is 8.72. The fourth-order valence-electron chi connectivity index (χ4n) is 1.17. The average Bonchev–Trinajstić information content (AvgIpc) is 2.33. The summed E-state index contributed by atoms with van der Waals surface area (Å²) < 4.78 is 2.36. The lowest BCUT2D eigenvalue weighted by atomic mass is 10.3. The van der Waals surface area contributed by atoms with E-state index >= 15 is 0 Å². The number of quaternary nitrogens is 1. The Morgan fingerprint density at radius 2 is 2.08 bits per heavy atom. The fourth-order valence-corrected chi connectivity index (χ4v) is 1.99. The maximum Gasteiger partial charge on any atom is 0.272 e. The lowest BCUT2D eigenvalue weighted by Gasteiger charge is -2.15. The van der Waals surface area contributed by atoms with Crippen molar-refractivity contribution < 1.29 is 4.31 Å². The van der Waals surface area contributed by atoms with Crippen molar-refractivity contribution in [2.24, 2.45) is 0 Å². The van der Waals surface area contributed by atoms with Gasteiger partial charge in [0.25, 0.3) is 5.11 Å². The number of rotatable bonds is 0. The van der Waals surface area contributed by atoms with E-state index in [1.54, 1.807) is 4.31 Å². The predicted molar refractivity (Wildman–Crippen MR) is 58.5 cm³/mol. The van der Waals surface area contributed by atoms with Crippen LogP contribution in [0.15, 0.2) is 24.3 Å². The molecule has 0 amide bonds. The van der Waals surface area contributed by atoms with Crippen LogP contribution in [-0.4, -0.2) is 5.11 Å². The van der Waals surface area contributed by atoms with E-state index in [0.717, 1.165) is 15.7 Å². The second kappa shape index (κ2) is 2.92. The van der Waals surface area contributed by atoms with E-state index in [2.05, 4.69) is 12.8 Å². The van der Waals surface area contributed by atoms with Gasteiger partial charge in [0.1, 0.15) is 11.4 Å². The first kappa shape index (κ1) is 8.37. The van der Waals surface area contributed by atoms with Crippen molar-refractivity contribution in [1.82, 2.24) is 0 Å². The van der Waals surface area contributed by atoms with Gasteiger partial charge in [0.2, 0.25) is 0 Å². The minimum absolute atomic E-state index is 0.620. The molecule has 5 heteroatoms. The number of para-hydroxylation sites is 2. The topological polar surface area (TPSA) is 7.68 Å². The van der Waals surface area contributed by atoms with Crippen LogP contribution in [0.1, 0.15) is 0 Å². The smallest absolute Gasteiger partial charge is 0.272 e. The summed E-state index contributed by atoms with van der Waals surface area (Å²) in [5.41, 5.74) is 1.99. The van der Waals surface area contributed by atoms with Crippen LogP contribution >= 0.6 is 25.0 Å². The van der Waals surface area contributed by atoms with E-state index in [-0.39, 0.29) is 0 Å². The van der Waals surface area contributed by atoms with Crippen LogP contribution in [0, 0.1) is 0 Å². The largest absolute Gasteiger partial charge is 0.481 e. The Balaban J connectivity index is 2.59. The van der Waals surface area contributed by atoms with E-state index in [1.165, 1.54) is 0 Å². The molecule has 0 saturated heterocycles. The number of hydrogen-bond acceptors (Lipinski definition) is 3. The van der Waals surface area contributed by atoms with Gasteiger partial charge in [0, 0.05) is 18.3 Å². The molecule has 1 aromatic carbocycles. The minimum Gasteiger partial charge on any atom is -0.481 e. The van der Waals surface area contributed by atoms with Gasteiger partial charge in [-0.1, -0.05) is 24.9 Å². The van der Waals surface area contributed by atoms with Crippen LogP contribution in [0.3, 0.4) is 0 Å². The number of thiocarbonyl (C=S) groups is 1. The van der Waals surface area contributed by atoms with Gasteiger partial charge in [-0.2, -0.15) is 0 Å². The SMILES string of the molecule is S=C1N(S)c2ccccc2[NH+]1[S-]. The van der Waals surface area contributed by atoms with Crippen LogP contribution in [0.2, 0.25) is 0 Å². The lowest BCUT2D eigenvalue weighted by molar-refractivity contribution is -0.548. The van der Waals surface area contributed by atoms with Crippen LogP contribution in [0.25, 0.3) is 0 Å². The van der Waals surface area contributed by atoms with E-state index in [9.17, 15) is 0 Å². The third kappa shape index (κ3) is 1.05. The molecule has 0 fully saturated rings. The predicted octanol–water partition coefficient (Wildman–Crippen LogP) is 0.615. The molecule has 0 aliphatic carbocycles. The van der Waals surface area contributed by atoms with Gasteiger partial charge in [-0.25, -0.2) is 4.31 Å². The van der Waals surface area contributed by atoms with Crippen molar-refractivity contribution in [2.75, 3.05) is 4.31 Å². The molecular weight excluding hydrogens is 208 g/mol. The number of anilines is 1. The van der Waals surface area contributed by atoms with Crippen LogP contribution < -0.4 is 8.61 Å². The van der Waals surface area contributed by atoms with Crippen molar-refractivity contribution in [3.63, 3.8) is 0 Å². The van der Waals surface area contributed by atoms with E-state index in [0.29, 0.717) is 5.11 Å². The van der Waals surface area contributed by atoms with E-state index < -0.39 is 0 Å². The molecule has 1 atom stereocenters. The minimum atomic E-state index is 0.620. The normalized spacial score (nSPS) is 21.3. The van der Waals surface area contributed by atoms with Crippen molar-refractivity contribution in [1.29, 1.82) is 0 Å². The molecule has 1 aromatic rings. The number of thiol groups is 1. The highest BCUT2D eigenvalue weighted by molar-refractivity contribution is 7.87. The number of hydrogen-bond donors (Lipinski definition) is 2. The highest BCUT2D eigenvalue weighted by atomic mass is 32.1. The summed E-state index contributed by atoms with van der Waals surface area (Å²) >= 11 is 14.5. The number of nitrogens with zero attached hydrogens (tertiary/aromatic N) is 1. The Kier molecular flexibility index (Phi) is 2.04. The molecule has 62 valence electrons. The summed E-state index contributed by atoms with van der Waals surface area (Å²) in [7, 11) is 0. The van der Waals surface area contributed by atoms with Gasteiger partial charge in [0.15, 0.2) is 0 Å². The molecule has 2 rings (SSSR count). The quantitative estimate of drug-likeness (QED) is 0.372. The second-order valence-corrected chi connectivity index (χ2v) is 3.66. The first-order valence-corrected chi connectivity index (χ1v) is 4.60. The summed E-state index contributed by atoms with van der Waals surface area (Å²) in [6.07, 6.45) is 0. The molecule has 0 bridgehead atoms. The summed E-state index contributed by atoms with van der Waals surface area (Å²) in [6, 6.07) is 7.80. The molecule has 2 nitrogen and oxygen atoms in total. The summed E-state index contributed by atoms with van der Waals surface area (Å²) in [6.45, 7) is 0. The third-order valence-corrected chi connectivity index (χ3v) is 3.24. The van der Waals surface area contributed by atoms with E-state index in [1.807, 2.05) is 24.3 Å². The molecule has 12 heavy (non-hydrogen) atoms. The van der Waals surface area contributed by atoms with Gasteiger partial charge in [-0.05, 0) is 6.07 Å². The van der Waals surface area contributed by atoms with Gasteiger partial charge < -0.3 is 17.1 Å². The Labute approximate surface area is 87.2 Å². The zero-order valence-corrected chi connectivity index (χ0v) is 8.55. The van der Waals surface area contributed by atoms with Crippen LogP contribution in [-0.2, 0) is 12.8 Å². The van der Waals surface area contributed by atoms with Gasteiger partial charge in [-0.3, -0.25) is 0 Å². The molecule has 0 aromatic heterocycles. The highest BCUT2D eigenvalue weighted by Crippen LogP contribution is 2.27. The Hall–Kier alpha value is -0.230. The molecule has 1 aliphatic heterocycles. The Morgan fingerprint density at radius 3 is 2.75 bits per heavy atom. The fraction of sp³-hybridized carbons (Fsp3) is 0. The zero-order valence-electron chi connectivity index (χ0n) is 6.02. The van der Waals surface area contributed by atoms with Crippen LogP contribution in [0.5, 0.6) is 0 Å². The summed E-state index contributed by atoms with van der Waals surface area (Å²) in [5.74, 6) is 0. The molecule has 1 heterocycles. The third-order valence-electron chi connectivity index (χ3n) is 1.76. The molecular formula is C7H6N2S3. The first-order chi connectivity index (χ1) is 5.72. The van der Waals surface area contributed by atoms with Crippen molar-refractivity contribution in [2.45, 2.75) is 0 Å². The summed E-state index contributed by atoms with van der Waals surface area (Å²) in [4.78, 5) is 0. The van der Waals surface area contributed by atoms with Gasteiger partial charge >= 0.3 is 0 Å². The Bertz CT molecular complexity index is 308. The standard InChI is InChI=1S/C7H6N2S3/c10-7-8(11)5-3-1-2-4-6(5)9(7)12/h1-4,8,12H. The molecule has 0 spiro atoms. The molecule has 1 unspecified atom stereocenters. The highest BCUT2D eigenvalue weighted by Gasteiger charge is 2.28. The Morgan fingerprint density at radius 1 is 1.42 bits per heavy atom. The number of nitrogens with one attached hydrogen (secondary N) is 1. The number of fused-ring (bicyclic) bond motifs is 1. The lowest BCUT2D eigenvalue weighted by Crippen LogP contribution is -3.04. The second-order valence-electron chi connectivity index (χ2n) is 2.46. The maximum absolute atomic E-state index is 5.14. The van der Waals surface area contributed by atoms with Gasteiger partial charge in [0.05, 0.1) is 0 Å². The molecule has 1 aliphatic rings. The van der Waals surface area contributed by atoms with Gasteiger partial charge in [-0.15, -0.1) is 0 Å². The monoisotopic (exact) mass is 214 g/mol. The maximum atomic E-state index is 5.14. The van der Waals surface area contributed by atoms with Crippen molar-refractivity contribution in [3.05, 3.63) is 24.3 Å². The van der Waals surface area contributed by atoms with E-state index in [4.69, 9.17) is 25.0 Å². The van der Waals surface area contributed by atoms with Crippen molar-refractivity contribution in [3.8, 4) is 0 Å².